The SMILES string of the molecule is CC(C)N(CCCNC(=O)Nc1ccc(C(C)(C)C)cc1)C[C@H]1OC(n2cnc3c(N(C)C)ncnc32)[C@H](O)C1O. The van der Waals surface area contributed by atoms with Gasteiger partial charge in [-0.15, -0.1) is 0 Å². The van der Waals surface area contributed by atoms with Crippen molar-refractivity contribution in [3.05, 3.63) is 42.5 Å². The second-order valence-electron chi connectivity index (χ2n) is 12.1. The molecule has 0 aliphatic carbocycles. The molecule has 4 atom stereocenters. The van der Waals surface area contributed by atoms with Crippen molar-refractivity contribution < 1.29 is 19.7 Å². The fourth-order valence-corrected chi connectivity index (χ4v) is 4.97. The van der Waals surface area contributed by atoms with E-state index in [1.54, 1.807) is 10.9 Å². The fraction of sp³-hybridized carbons (Fsp3) is 0.586. The van der Waals surface area contributed by atoms with Crippen LogP contribution in [0.4, 0.5) is 16.3 Å². The summed E-state index contributed by atoms with van der Waals surface area (Å²) in [4.78, 5) is 29.5. The summed E-state index contributed by atoms with van der Waals surface area (Å²) in [5, 5.41) is 27.6. The van der Waals surface area contributed by atoms with E-state index in [0.29, 0.717) is 43.0 Å². The molecule has 0 radical (unpaired) electrons. The molecule has 0 saturated carbocycles. The third-order valence-electron chi connectivity index (χ3n) is 7.44. The Hall–Kier alpha value is -3.32. The lowest BCUT2D eigenvalue weighted by molar-refractivity contribution is -0.0468. The molecular weight excluding hydrogens is 524 g/mol. The number of aromatic nitrogens is 4. The molecule has 1 aliphatic heterocycles. The third kappa shape index (κ3) is 7.13. The van der Waals surface area contributed by atoms with Crippen molar-refractivity contribution in [2.45, 2.75) is 77.0 Å². The number of aliphatic hydroxyl groups is 2. The molecular formula is C29H44N8O4. The summed E-state index contributed by atoms with van der Waals surface area (Å²) < 4.78 is 7.84. The van der Waals surface area contributed by atoms with Crippen LogP contribution < -0.4 is 15.5 Å². The van der Waals surface area contributed by atoms with E-state index in [4.69, 9.17) is 4.74 Å². The molecule has 12 nitrogen and oxygen atoms in total. The first-order valence-corrected chi connectivity index (χ1v) is 14.1. The van der Waals surface area contributed by atoms with Crippen LogP contribution in [0.2, 0.25) is 0 Å². The minimum atomic E-state index is -1.15. The summed E-state index contributed by atoms with van der Waals surface area (Å²) in [6, 6.07) is 7.80. The number of aliphatic hydroxyl groups excluding tert-OH is 2. The predicted octanol–water partition coefficient (Wildman–Crippen LogP) is 2.73. The number of benzene rings is 1. The van der Waals surface area contributed by atoms with Crippen molar-refractivity contribution in [1.29, 1.82) is 0 Å². The maximum Gasteiger partial charge on any atom is 0.319 e. The Kier molecular flexibility index (Phi) is 9.48. The Bertz CT molecular complexity index is 1300. The summed E-state index contributed by atoms with van der Waals surface area (Å²) >= 11 is 0. The molecule has 1 aromatic carbocycles. The van der Waals surface area contributed by atoms with Gasteiger partial charge in [-0.05, 0) is 43.4 Å². The molecule has 41 heavy (non-hydrogen) atoms. The van der Waals surface area contributed by atoms with Crippen LogP contribution in [-0.2, 0) is 10.2 Å². The lowest BCUT2D eigenvalue weighted by Gasteiger charge is -2.30. The van der Waals surface area contributed by atoms with Crippen LogP contribution in [0, 0.1) is 0 Å². The highest BCUT2D eigenvalue weighted by Gasteiger charge is 2.45. The molecule has 4 rings (SSSR count). The average Bonchev–Trinajstić information content (AvgIpc) is 3.46. The molecule has 2 unspecified atom stereocenters. The minimum absolute atomic E-state index is 0.0560. The van der Waals surface area contributed by atoms with Crippen LogP contribution >= 0.6 is 0 Å². The van der Waals surface area contributed by atoms with Gasteiger partial charge in [0.2, 0.25) is 0 Å². The lowest BCUT2D eigenvalue weighted by atomic mass is 9.87. The number of anilines is 2. The van der Waals surface area contributed by atoms with Crippen molar-refractivity contribution in [2.24, 2.45) is 0 Å². The molecule has 2 amide bonds. The van der Waals surface area contributed by atoms with Gasteiger partial charge in [0.25, 0.3) is 0 Å². The van der Waals surface area contributed by atoms with Gasteiger partial charge in [0.15, 0.2) is 23.2 Å². The molecule has 12 heteroatoms. The third-order valence-corrected chi connectivity index (χ3v) is 7.44. The van der Waals surface area contributed by atoms with Crippen molar-refractivity contribution in [3.63, 3.8) is 0 Å². The molecule has 2 aromatic heterocycles. The first kappa shape index (κ1) is 30.6. The van der Waals surface area contributed by atoms with E-state index in [1.807, 2.05) is 43.3 Å². The lowest BCUT2D eigenvalue weighted by Crippen LogP contribution is -2.44. The largest absolute Gasteiger partial charge is 0.387 e. The van der Waals surface area contributed by atoms with Gasteiger partial charge >= 0.3 is 6.03 Å². The van der Waals surface area contributed by atoms with Crippen LogP contribution in [0.15, 0.2) is 36.9 Å². The number of nitrogens with one attached hydrogen (secondary N) is 2. The number of rotatable bonds is 10. The standard InChI is InChI=1S/C29H44N8O4/c1-18(2)36(14-8-13-30-28(40)34-20-11-9-19(10-12-20)29(3,4)5)15-21-23(38)24(39)27(41-21)37-17-33-22-25(35(6)7)31-16-32-26(22)37/h9-12,16-18,21,23-24,27,38-39H,8,13-15H2,1-7H3,(H2,30,34,40)/t21-,23?,24-,27?/m1/s1. The van der Waals surface area contributed by atoms with Gasteiger partial charge < -0.3 is 30.5 Å². The van der Waals surface area contributed by atoms with E-state index in [1.165, 1.54) is 11.9 Å². The predicted molar refractivity (Wildman–Crippen MR) is 159 cm³/mol. The van der Waals surface area contributed by atoms with Gasteiger partial charge in [0.1, 0.15) is 24.6 Å². The quantitative estimate of drug-likeness (QED) is 0.272. The van der Waals surface area contributed by atoms with Crippen molar-refractivity contribution in [3.8, 4) is 0 Å². The molecule has 0 bridgehead atoms. The first-order valence-electron chi connectivity index (χ1n) is 14.1. The van der Waals surface area contributed by atoms with E-state index < -0.39 is 24.5 Å². The zero-order valence-corrected chi connectivity index (χ0v) is 25.1. The minimum Gasteiger partial charge on any atom is -0.387 e. The average molecular weight is 569 g/mol. The summed E-state index contributed by atoms with van der Waals surface area (Å²) in [7, 11) is 3.74. The van der Waals surface area contributed by atoms with Gasteiger partial charge in [0, 0.05) is 45.5 Å². The Morgan fingerprint density at radius 2 is 1.80 bits per heavy atom. The number of imidazole rings is 1. The second-order valence-corrected chi connectivity index (χ2v) is 12.1. The summed E-state index contributed by atoms with van der Waals surface area (Å²) in [5.74, 6) is 0.657. The van der Waals surface area contributed by atoms with E-state index in [0.717, 1.165) is 5.69 Å². The number of urea groups is 1. The van der Waals surface area contributed by atoms with Crippen molar-refractivity contribution in [2.75, 3.05) is 43.9 Å². The van der Waals surface area contributed by atoms with Gasteiger partial charge in [-0.1, -0.05) is 32.9 Å². The second kappa shape index (κ2) is 12.7. The number of nitrogens with zero attached hydrogens (tertiary/aromatic N) is 6. The van der Waals surface area contributed by atoms with E-state index in [2.05, 4.69) is 65.1 Å². The van der Waals surface area contributed by atoms with E-state index in [-0.39, 0.29) is 17.5 Å². The van der Waals surface area contributed by atoms with Crippen molar-refractivity contribution >= 4 is 28.7 Å². The molecule has 1 saturated heterocycles. The van der Waals surface area contributed by atoms with Crippen LogP contribution in [0.25, 0.3) is 11.2 Å². The molecule has 3 heterocycles. The number of carbonyl (C=O) groups excluding carboxylic acids is 1. The van der Waals surface area contributed by atoms with Crippen LogP contribution in [0.5, 0.6) is 0 Å². The highest BCUT2D eigenvalue weighted by atomic mass is 16.6. The highest BCUT2D eigenvalue weighted by Crippen LogP contribution is 2.33. The van der Waals surface area contributed by atoms with Gasteiger partial charge in [-0.25, -0.2) is 19.7 Å². The Labute approximate surface area is 241 Å². The number of hydrogen-bond donors (Lipinski definition) is 4. The molecule has 1 aliphatic rings. The Morgan fingerprint density at radius 1 is 1.10 bits per heavy atom. The number of carbonyl (C=O) groups is 1. The first-order chi connectivity index (χ1) is 19.4. The number of amides is 2. The van der Waals surface area contributed by atoms with E-state index >= 15 is 0 Å². The maximum atomic E-state index is 12.4. The highest BCUT2D eigenvalue weighted by molar-refractivity contribution is 5.89. The zero-order chi connectivity index (χ0) is 29.9. The fourth-order valence-electron chi connectivity index (χ4n) is 4.97. The Morgan fingerprint density at radius 3 is 2.44 bits per heavy atom. The summed E-state index contributed by atoms with van der Waals surface area (Å²) in [5.41, 5.74) is 3.12. The number of ether oxygens (including phenoxy) is 1. The van der Waals surface area contributed by atoms with Crippen LogP contribution in [-0.4, -0.2) is 98.7 Å². The Balaban J connectivity index is 1.30. The van der Waals surface area contributed by atoms with Gasteiger partial charge in [0.05, 0.1) is 6.33 Å². The molecule has 3 aromatic rings. The van der Waals surface area contributed by atoms with Crippen LogP contribution in [0.1, 0.15) is 52.8 Å². The smallest absolute Gasteiger partial charge is 0.319 e. The number of fused-ring (bicyclic) bond motifs is 1. The van der Waals surface area contributed by atoms with Crippen LogP contribution in [0.3, 0.4) is 0 Å². The molecule has 0 spiro atoms. The van der Waals surface area contributed by atoms with Gasteiger partial charge in [-0.2, -0.15) is 0 Å². The van der Waals surface area contributed by atoms with E-state index in [9.17, 15) is 15.0 Å². The topological polar surface area (TPSA) is 141 Å². The summed E-state index contributed by atoms with van der Waals surface area (Å²) in [6.07, 6.45) is 0.0431. The monoisotopic (exact) mass is 568 g/mol. The summed E-state index contributed by atoms with van der Waals surface area (Å²) in [6.45, 7) is 12.2. The zero-order valence-electron chi connectivity index (χ0n) is 25.1. The number of hydrogen-bond acceptors (Lipinski definition) is 9. The van der Waals surface area contributed by atoms with Gasteiger partial charge in [-0.3, -0.25) is 9.47 Å². The normalized spacial score (nSPS) is 21.1. The molecule has 224 valence electrons. The molecule has 4 N–H and O–H groups in total. The maximum absolute atomic E-state index is 12.4. The molecule has 1 fully saturated rings. The van der Waals surface area contributed by atoms with Crippen molar-refractivity contribution in [1.82, 2.24) is 29.7 Å².